The predicted molar refractivity (Wildman–Crippen MR) is 83.8 cm³/mol. The molecular formula is C14H15N3OS2. The lowest BCUT2D eigenvalue weighted by molar-refractivity contribution is 0.569. The lowest BCUT2D eigenvalue weighted by Gasteiger charge is -2.14. The molecule has 0 aliphatic rings. The third-order valence-electron chi connectivity index (χ3n) is 3.08. The Labute approximate surface area is 124 Å². The first-order valence-corrected chi connectivity index (χ1v) is 8.08. The summed E-state index contributed by atoms with van der Waals surface area (Å²) in [6, 6.07) is 1.83. The molecule has 3 heterocycles. The van der Waals surface area contributed by atoms with Crippen molar-refractivity contribution in [1.29, 1.82) is 0 Å². The Morgan fingerprint density at radius 1 is 1.30 bits per heavy atom. The van der Waals surface area contributed by atoms with E-state index in [-0.39, 0.29) is 11.0 Å². The van der Waals surface area contributed by atoms with Crippen LogP contribution >= 0.6 is 22.7 Å². The SMILES string of the molecule is CC(C)(C)c1csc(Cn2cnc3sccc3c2=O)n1. The maximum Gasteiger partial charge on any atom is 0.262 e. The van der Waals surface area contributed by atoms with E-state index in [9.17, 15) is 4.79 Å². The van der Waals surface area contributed by atoms with Crippen molar-refractivity contribution in [1.82, 2.24) is 14.5 Å². The van der Waals surface area contributed by atoms with Gasteiger partial charge in [-0.25, -0.2) is 9.97 Å². The van der Waals surface area contributed by atoms with Crippen LogP contribution in [0.25, 0.3) is 10.2 Å². The molecule has 3 rings (SSSR count). The lowest BCUT2D eigenvalue weighted by Crippen LogP contribution is -2.20. The fourth-order valence-corrected chi connectivity index (χ4v) is 3.62. The summed E-state index contributed by atoms with van der Waals surface area (Å²) in [6.45, 7) is 6.89. The average Bonchev–Trinajstić information content (AvgIpc) is 3.01. The summed E-state index contributed by atoms with van der Waals surface area (Å²) in [5, 5.41) is 5.58. The first kappa shape index (κ1) is 13.5. The van der Waals surface area contributed by atoms with E-state index >= 15 is 0 Å². The molecule has 6 heteroatoms. The van der Waals surface area contributed by atoms with E-state index in [0.717, 1.165) is 15.5 Å². The van der Waals surface area contributed by atoms with E-state index in [4.69, 9.17) is 0 Å². The fraction of sp³-hybridized carbons (Fsp3) is 0.357. The van der Waals surface area contributed by atoms with Crippen molar-refractivity contribution in [3.63, 3.8) is 0 Å². The largest absolute Gasteiger partial charge is 0.292 e. The van der Waals surface area contributed by atoms with Crippen LogP contribution in [0.3, 0.4) is 0 Å². The molecule has 0 N–H and O–H groups in total. The highest BCUT2D eigenvalue weighted by Gasteiger charge is 2.17. The van der Waals surface area contributed by atoms with Gasteiger partial charge in [0.05, 0.1) is 24.0 Å². The summed E-state index contributed by atoms with van der Waals surface area (Å²) in [7, 11) is 0. The Morgan fingerprint density at radius 2 is 2.10 bits per heavy atom. The van der Waals surface area contributed by atoms with Crippen molar-refractivity contribution in [2.75, 3.05) is 0 Å². The van der Waals surface area contributed by atoms with Gasteiger partial charge in [0.25, 0.3) is 5.56 Å². The van der Waals surface area contributed by atoms with Crippen LogP contribution < -0.4 is 5.56 Å². The molecule has 0 atom stereocenters. The van der Waals surface area contributed by atoms with E-state index in [2.05, 4.69) is 36.1 Å². The number of hydrogen-bond acceptors (Lipinski definition) is 5. The molecule has 0 aliphatic carbocycles. The minimum absolute atomic E-state index is 0.00348. The Kier molecular flexibility index (Phi) is 3.22. The van der Waals surface area contributed by atoms with Crippen LogP contribution in [0.4, 0.5) is 0 Å². The van der Waals surface area contributed by atoms with Gasteiger partial charge in [-0.2, -0.15) is 0 Å². The van der Waals surface area contributed by atoms with Gasteiger partial charge in [-0.15, -0.1) is 22.7 Å². The summed E-state index contributed by atoms with van der Waals surface area (Å²) < 4.78 is 1.63. The highest BCUT2D eigenvalue weighted by atomic mass is 32.1. The summed E-state index contributed by atoms with van der Waals surface area (Å²) in [4.78, 5) is 22.0. The first-order chi connectivity index (χ1) is 9.45. The van der Waals surface area contributed by atoms with E-state index in [1.54, 1.807) is 22.2 Å². The molecule has 104 valence electrons. The third kappa shape index (κ3) is 2.41. The van der Waals surface area contributed by atoms with E-state index < -0.39 is 0 Å². The highest BCUT2D eigenvalue weighted by molar-refractivity contribution is 7.16. The molecule has 3 aromatic heterocycles. The molecule has 0 radical (unpaired) electrons. The number of hydrogen-bond donors (Lipinski definition) is 0. The monoisotopic (exact) mass is 305 g/mol. The first-order valence-electron chi connectivity index (χ1n) is 6.33. The fourth-order valence-electron chi connectivity index (χ4n) is 1.88. The minimum atomic E-state index is 0.00348. The molecule has 0 saturated carbocycles. The van der Waals surface area contributed by atoms with E-state index in [0.29, 0.717) is 11.9 Å². The van der Waals surface area contributed by atoms with Crippen LogP contribution in [0.5, 0.6) is 0 Å². The molecule has 0 aliphatic heterocycles. The molecule has 0 aromatic carbocycles. The van der Waals surface area contributed by atoms with Crippen molar-refractivity contribution >= 4 is 32.9 Å². The number of rotatable bonds is 2. The number of thiazole rings is 1. The quantitative estimate of drug-likeness (QED) is 0.730. The normalized spacial score (nSPS) is 12.2. The maximum atomic E-state index is 12.3. The molecule has 0 bridgehead atoms. The zero-order valence-electron chi connectivity index (χ0n) is 11.6. The molecule has 0 unspecified atom stereocenters. The average molecular weight is 305 g/mol. The molecular weight excluding hydrogens is 290 g/mol. The van der Waals surface area contributed by atoms with E-state index in [1.807, 2.05) is 11.4 Å². The Morgan fingerprint density at radius 3 is 2.80 bits per heavy atom. The summed E-state index contributed by atoms with van der Waals surface area (Å²) in [6.07, 6.45) is 1.61. The van der Waals surface area contributed by atoms with Crippen LogP contribution in [0.15, 0.2) is 27.9 Å². The van der Waals surface area contributed by atoms with Crippen molar-refractivity contribution in [3.8, 4) is 0 Å². The molecule has 20 heavy (non-hydrogen) atoms. The predicted octanol–water partition coefficient (Wildman–Crippen LogP) is 3.26. The third-order valence-corrected chi connectivity index (χ3v) is 4.73. The van der Waals surface area contributed by atoms with Gasteiger partial charge in [0, 0.05) is 10.8 Å². The number of fused-ring (bicyclic) bond motifs is 1. The van der Waals surface area contributed by atoms with Gasteiger partial charge in [-0.3, -0.25) is 9.36 Å². The molecule has 0 fully saturated rings. The van der Waals surface area contributed by atoms with Crippen LogP contribution in [-0.2, 0) is 12.0 Å². The van der Waals surface area contributed by atoms with Crippen molar-refractivity contribution < 1.29 is 0 Å². The summed E-state index contributed by atoms with van der Waals surface area (Å²) in [5.41, 5.74) is 1.11. The molecule has 0 amide bonds. The van der Waals surface area contributed by atoms with Crippen LogP contribution in [0.2, 0.25) is 0 Å². The zero-order valence-corrected chi connectivity index (χ0v) is 13.2. The van der Waals surface area contributed by atoms with Crippen molar-refractivity contribution in [2.24, 2.45) is 0 Å². The maximum absolute atomic E-state index is 12.3. The van der Waals surface area contributed by atoms with Crippen molar-refractivity contribution in [2.45, 2.75) is 32.7 Å². The lowest BCUT2D eigenvalue weighted by atomic mass is 9.93. The van der Waals surface area contributed by atoms with Gasteiger partial charge < -0.3 is 0 Å². The second kappa shape index (κ2) is 4.79. The highest BCUT2D eigenvalue weighted by Crippen LogP contribution is 2.24. The molecule has 0 saturated heterocycles. The van der Waals surface area contributed by atoms with Crippen LogP contribution in [-0.4, -0.2) is 14.5 Å². The molecule has 0 spiro atoms. The second-order valence-corrected chi connectivity index (χ2v) is 7.53. The smallest absolute Gasteiger partial charge is 0.262 e. The number of nitrogens with zero attached hydrogens (tertiary/aromatic N) is 3. The van der Waals surface area contributed by atoms with Gasteiger partial charge in [0.2, 0.25) is 0 Å². The van der Waals surface area contributed by atoms with E-state index in [1.165, 1.54) is 11.3 Å². The summed E-state index contributed by atoms with van der Waals surface area (Å²) >= 11 is 3.08. The number of aromatic nitrogens is 3. The van der Waals surface area contributed by atoms with Crippen LogP contribution in [0.1, 0.15) is 31.5 Å². The molecule has 4 nitrogen and oxygen atoms in total. The minimum Gasteiger partial charge on any atom is -0.292 e. The zero-order chi connectivity index (χ0) is 14.3. The van der Waals surface area contributed by atoms with Gasteiger partial charge in [0.1, 0.15) is 9.84 Å². The van der Waals surface area contributed by atoms with Gasteiger partial charge in [0.15, 0.2) is 0 Å². The second-order valence-electron chi connectivity index (χ2n) is 5.69. The van der Waals surface area contributed by atoms with Gasteiger partial charge >= 0.3 is 0 Å². The standard InChI is InChI=1S/C14H15N3OS2/c1-14(2,3)10-7-20-11(16-10)6-17-8-15-12-9(13(17)18)4-5-19-12/h4-5,7-8H,6H2,1-3H3. The topological polar surface area (TPSA) is 47.8 Å². The van der Waals surface area contributed by atoms with Gasteiger partial charge in [-0.1, -0.05) is 20.8 Å². The van der Waals surface area contributed by atoms with Crippen LogP contribution in [0, 0.1) is 0 Å². The Balaban J connectivity index is 1.95. The summed E-state index contributed by atoms with van der Waals surface area (Å²) in [5.74, 6) is 0. The Hall–Kier alpha value is -1.53. The Bertz CT molecular complexity index is 808. The number of thiophene rings is 1. The van der Waals surface area contributed by atoms with Gasteiger partial charge in [-0.05, 0) is 11.4 Å². The van der Waals surface area contributed by atoms with Crippen molar-refractivity contribution in [3.05, 3.63) is 44.2 Å². The molecule has 3 aromatic rings.